The molecular weight excluding hydrogens is 316 g/mol. The Kier molecular flexibility index (Phi) is 4.82. The van der Waals surface area contributed by atoms with Crippen LogP contribution in [-0.4, -0.2) is 21.3 Å². The molecule has 2 atom stereocenters. The second kappa shape index (κ2) is 7.20. The molecule has 2 unspecified atom stereocenters. The summed E-state index contributed by atoms with van der Waals surface area (Å²) in [5.41, 5.74) is 2.87. The van der Waals surface area contributed by atoms with Gasteiger partial charge in [0.15, 0.2) is 0 Å². The van der Waals surface area contributed by atoms with Gasteiger partial charge < -0.3 is 15.3 Å². The molecule has 0 amide bonds. The lowest BCUT2D eigenvalue weighted by Crippen LogP contribution is -2.20. The number of aliphatic hydroxyl groups is 1. The fourth-order valence-corrected chi connectivity index (χ4v) is 2.87. The van der Waals surface area contributed by atoms with E-state index in [2.05, 4.69) is 0 Å². The summed E-state index contributed by atoms with van der Waals surface area (Å²) < 4.78 is 0. The number of carboxylic acids is 1. The van der Waals surface area contributed by atoms with Gasteiger partial charge in [-0.25, -0.2) is 0 Å². The van der Waals surface area contributed by atoms with Crippen LogP contribution in [0.25, 0.3) is 11.1 Å². The molecule has 3 aromatic carbocycles. The van der Waals surface area contributed by atoms with E-state index >= 15 is 0 Å². The van der Waals surface area contributed by atoms with E-state index in [0.29, 0.717) is 11.1 Å². The molecule has 0 aliphatic heterocycles. The molecule has 4 nitrogen and oxygen atoms in total. The number of aromatic hydroxyl groups is 1. The van der Waals surface area contributed by atoms with Crippen LogP contribution in [0, 0.1) is 0 Å². The van der Waals surface area contributed by atoms with E-state index in [9.17, 15) is 20.1 Å². The molecule has 3 rings (SSSR count). The molecule has 0 bridgehead atoms. The number of aliphatic hydroxyl groups excluding tert-OH is 1. The molecule has 0 saturated heterocycles. The number of aliphatic carboxylic acids is 1. The predicted molar refractivity (Wildman–Crippen MR) is 95.3 cm³/mol. The zero-order valence-corrected chi connectivity index (χ0v) is 13.4. The Hall–Kier alpha value is -3.11. The van der Waals surface area contributed by atoms with E-state index in [-0.39, 0.29) is 5.75 Å². The lowest BCUT2D eigenvalue weighted by molar-refractivity contribution is -0.141. The number of hydrogen-bond donors (Lipinski definition) is 3. The van der Waals surface area contributed by atoms with Crippen LogP contribution in [0.4, 0.5) is 0 Å². The standard InChI is InChI=1S/C21H18O4/c22-18-8-4-7-17(13-18)20(23)19(21(24)25)16-11-9-15(10-12-16)14-5-2-1-3-6-14/h1-13,19-20,22-23H,(H,24,25). The maximum absolute atomic E-state index is 11.7. The van der Waals surface area contributed by atoms with Gasteiger partial charge in [0.2, 0.25) is 0 Å². The third kappa shape index (κ3) is 3.70. The summed E-state index contributed by atoms with van der Waals surface area (Å²) in [4.78, 5) is 11.7. The van der Waals surface area contributed by atoms with Crippen LogP contribution in [0.2, 0.25) is 0 Å². The van der Waals surface area contributed by atoms with Gasteiger partial charge in [0.1, 0.15) is 11.7 Å². The zero-order valence-electron chi connectivity index (χ0n) is 13.4. The molecule has 0 fully saturated rings. The van der Waals surface area contributed by atoms with Crippen LogP contribution in [0.15, 0.2) is 78.9 Å². The van der Waals surface area contributed by atoms with Gasteiger partial charge in [0.25, 0.3) is 0 Å². The molecule has 0 aliphatic carbocycles. The number of carboxylic acid groups (broad SMARTS) is 1. The predicted octanol–water partition coefficient (Wildman–Crippen LogP) is 3.96. The number of benzene rings is 3. The highest BCUT2D eigenvalue weighted by atomic mass is 16.4. The fourth-order valence-electron chi connectivity index (χ4n) is 2.87. The first-order valence-electron chi connectivity index (χ1n) is 7.91. The Labute approximate surface area is 145 Å². The van der Waals surface area contributed by atoms with Crippen LogP contribution in [0.5, 0.6) is 5.75 Å². The Morgan fingerprint density at radius 2 is 1.40 bits per heavy atom. The van der Waals surface area contributed by atoms with Gasteiger partial charge in [-0.1, -0.05) is 66.7 Å². The molecule has 0 aliphatic rings. The van der Waals surface area contributed by atoms with Gasteiger partial charge in [0, 0.05) is 0 Å². The quantitative estimate of drug-likeness (QED) is 0.660. The summed E-state index contributed by atoms with van der Waals surface area (Å²) in [6.07, 6.45) is -1.26. The van der Waals surface area contributed by atoms with Gasteiger partial charge >= 0.3 is 5.97 Å². The maximum atomic E-state index is 11.7. The zero-order chi connectivity index (χ0) is 17.8. The number of hydrogen-bond acceptors (Lipinski definition) is 3. The van der Waals surface area contributed by atoms with Crippen molar-refractivity contribution in [3.8, 4) is 16.9 Å². The van der Waals surface area contributed by atoms with Crippen molar-refractivity contribution < 1.29 is 20.1 Å². The second-order valence-corrected chi connectivity index (χ2v) is 5.84. The lowest BCUT2D eigenvalue weighted by Gasteiger charge is -2.20. The average Bonchev–Trinajstić information content (AvgIpc) is 2.63. The van der Waals surface area contributed by atoms with E-state index in [0.717, 1.165) is 11.1 Å². The number of carbonyl (C=O) groups is 1. The van der Waals surface area contributed by atoms with Crippen molar-refractivity contribution in [2.75, 3.05) is 0 Å². The first kappa shape index (κ1) is 16.7. The van der Waals surface area contributed by atoms with Crippen molar-refractivity contribution in [2.45, 2.75) is 12.0 Å². The first-order valence-corrected chi connectivity index (χ1v) is 7.91. The van der Waals surface area contributed by atoms with Crippen molar-refractivity contribution in [3.05, 3.63) is 90.0 Å². The van der Waals surface area contributed by atoms with Gasteiger partial charge in [-0.05, 0) is 34.4 Å². The summed E-state index contributed by atoms with van der Waals surface area (Å²) in [5, 5.41) is 29.7. The lowest BCUT2D eigenvalue weighted by atomic mass is 9.88. The number of phenols is 1. The molecular formula is C21H18O4. The molecule has 0 aromatic heterocycles. The van der Waals surface area contributed by atoms with E-state index in [1.807, 2.05) is 42.5 Å². The van der Waals surface area contributed by atoms with E-state index in [4.69, 9.17) is 0 Å². The molecule has 4 heteroatoms. The van der Waals surface area contributed by atoms with Gasteiger partial charge in [-0.3, -0.25) is 4.79 Å². The van der Waals surface area contributed by atoms with Crippen molar-refractivity contribution in [3.63, 3.8) is 0 Å². The van der Waals surface area contributed by atoms with Gasteiger partial charge in [0.05, 0.1) is 6.10 Å². The summed E-state index contributed by atoms with van der Waals surface area (Å²) in [6.45, 7) is 0. The van der Waals surface area contributed by atoms with E-state index < -0.39 is 18.0 Å². The summed E-state index contributed by atoms with van der Waals surface area (Å²) >= 11 is 0. The van der Waals surface area contributed by atoms with E-state index in [1.54, 1.807) is 24.3 Å². The highest BCUT2D eigenvalue weighted by molar-refractivity contribution is 5.78. The summed E-state index contributed by atoms with van der Waals surface area (Å²) in [5.74, 6) is -2.25. The monoisotopic (exact) mass is 334 g/mol. The fraction of sp³-hybridized carbons (Fsp3) is 0.0952. The minimum absolute atomic E-state index is 0.0138. The van der Waals surface area contributed by atoms with E-state index in [1.165, 1.54) is 12.1 Å². The van der Waals surface area contributed by atoms with Crippen molar-refractivity contribution in [2.24, 2.45) is 0 Å². The summed E-state index contributed by atoms with van der Waals surface area (Å²) in [6, 6.07) is 22.9. The second-order valence-electron chi connectivity index (χ2n) is 5.84. The minimum atomic E-state index is -1.26. The summed E-state index contributed by atoms with van der Waals surface area (Å²) in [7, 11) is 0. The number of phenolic OH excluding ortho intramolecular Hbond substituents is 1. The topological polar surface area (TPSA) is 77.8 Å². The molecule has 0 heterocycles. The highest BCUT2D eigenvalue weighted by Crippen LogP contribution is 2.33. The molecule has 3 aromatic rings. The minimum Gasteiger partial charge on any atom is -0.508 e. The Morgan fingerprint density at radius 3 is 2.00 bits per heavy atom. The Balaban J connectivity index is 1.92. The smallest absolute Gasteiger partial charge is 0.314 e. The maximum Gasteiger partial charge on any atom is 0.314 e. The Morgan fingerprint density at radius 1 is 0.760 bits per heavy atom. The van der Waals surface area contributed by atoms with Crippen LogP contribution in [-0.2, 0) is 4.79 Å². The van der Waals surface area contributed by atoms with Crippen LogP contribution in [0.3, 0.4) is 0 Å². The van der Waals surface area contributed by atoms with Crippen molar-refractivity contribution in [1.82, 2.24) is 0 Å². The van der Waals surface area contributed by atoms with Crippen molar-refractivity contribution >= 4 is 5.97 Å². The normalized spacial score (nSPS) is 13.2. The molecule has 0 spiro atoms. The van der Waals surface area contributed by atoms with Crippen LogP contribution in [0.1, 0.15) is 23.1 Å². The third-order valence-corrected chi connectivity index (χ3v) is 4.17. The van der Waals surface area contributed by atoms with Crippen molar-refractivity contribution in [1.29, 1.82) is 0 Å². The molecule has 126 valence electrons. The molecule has 25 heavy (non-hydrogen) atoms. The molecule has 3 N–H and O–H groups in total. The SMILES string of the molecule is O=C(O)C(c1ccc(-c2ccccc2)cc1)C(O)c1cccc(O)c1. The Bertz CT molecular complexity index is 857. The third-order valence-electron chi connectivity index (χ3n) is 4.17. The molecule has 0 radical (unpaired) electrons. The molecule has 0 saturated carbocycles. The average molecular weight is 334 g/mol. The largest absolute Gasteiger partial charge is 0.508 e. The van der Waals surface area contributed by atoms with Crippen LogP contribution < -0.4 is 0 Å². The van der Waals surface area contributed by atoms with Crippen LogP contribution >= 0.6 is 0 Å². The van der Waals surface area contributed by atoms with Gasteiger partial charge in [-0.15, -0.1) is 0 Å². The highest BCUT2D eigenvalue weighted by Gasteiger charge is 2.29. The first-order chi connectivity index (χ1) is 12.1. The number of rotatable bonds is 5. The van der Waals surface area contributed by atoms with Gasteiger partial charge in [-0.2, -0.15) is 0 Å².